The maximum absolute atomic E-state index is 10.3. The largest absolute Gasteiger partial charge is 0.469 e. The van der Waals surface area contributed by atoms with Crippen LogP contribution in [0, 0.1) is 0 Å². The van der Waals surface area contributed by atoms with E-state index in [1.54, 1.807) is 0 Å². The topological polar surface area (TPSA) is 165 Å². The van der Waals surface area contributed by atoms with Gasteiger partial charge in [0.2, 0.25) is 0 Å². The molecule has 6 N–H and O–H groups in total. The van der Waals surface area contributed by atoms with Crippen LogP contribution < -0.4 is 0 Å². The molecule has 0 heterocycles. The number of phosphoric ester groups is 1. The quantitative estimate of drug-likeness (QED) is 0.302. The van der Waals surface area contributed by atoms with Crippen molar-refractivity contribution < 1.29 is 43.4 Å². The van der Waals surface area contributed by atoms with Gasteiger partial charge in [-0.05, 0) is 0 Å². The third-order valence-electron chi connectivity index (χ3n) is 1.10. The summed E-state index contributed by atoms with van der Waals surface area (Å²) in [7, 11) is -9.76. The van der Waals surface area contributed by atoms with Gasteiger partial charge in [-0.15, -0.1) is 0 Å². The monoisotopic (exact) mass is 252 g/mol. The maximum atomic E-state index is 10.3. The second-order valence-electron chi connectivity index (χ2n) is 2.36. The molecule has 11 heteroatoms. The van der Waals surface area contributed by atoms with E-state index in [9.17, 15) is 9.13 Å². The molecule has 2 unspecified atom stereocenters. The summed E-state index contributed by atoms with van der Waals surface area (Å²) in [4.78, 5) is 33.0. The number of phosphoric acid groups is 1. The van der Waals surface area contributed by atoms with Crippen LogP contribution in [0.15, 0.2) is 0 Å². The SMILES string of the molecule is O=P(O)(O)OCC(O)C(O)P(=O)(O)O. The minimum Gasteiger partial charge on any atom is -0.387 e. The van der Waals surface area contributed by atoms with Gasteiger partial charge in [0, 0.05) is 0 Å². The van der Waals surface area contributed by atoms with Gasteiger partial charge in [-0.1, -0.05) is 0 Å². The standard InChI is InChI=1S/C3H10O9P2/c4-2(1-12-14(9,10)11)3(5)13(6,7)8/h2-5H,1H2,(H2,6,7,8)(H2,9,10,11). The summed E-state index contributed by atoms with van der Waals surface area (Å²) in [5.74, 6) is -2.44. The van der Waals surface area contributed by atoms with E-state index in [0.717, 1.165) is 0 Å². The third-order valence-corrected chi connectivity index (χ3v) is 2.62. The molecule has 0 aromatic rings. The Kier molecular flexibility index (Phi) is 4.86. The predicted octanol–water partition coefficient (Wildman–Crippen LogP) is -2.05. The fourth-order valence-corrected chi connectivity index (χ4v) is 1.36. The molecule has 0 amide bonds. The number of hydrogen-bond donors (Lipinski definition) is 6. The van der Waals surface area contributed by atoms with Gasteiger partial charge < -0.3 is 29.8 Å². The summed E-state index contributed by atoms with van der Waals surface area (Å²) in [6.45, 7) is -1.09. The molecule has 0 aliphatic heterocycles. The van der Waals surface area contributed by atoms with Crippen LogP contribution >= 0.6 is 15.4 Å². The second kappa shape index (κ2) is 4.80. The van der Waals surface area contributed by atoms with E-state index in [-0.39, 0.29) is 0 Å². The van der Waals surface area contributed by atoms with Gasteiger partial charge in [0.25, 0.3) is 0 Å². The molecule has 0 aromatic heterocycles. The van der Waals surface area contributed by atoms with Crippen LogP contribution in [0.4, 0.5) is 0 Å². The summed E-state index contributed by atoms with van der Waals surface area (Å²) < 4.78 is 24.1. The van der Waals surface area contributed by atoms with Crippen molar-refractivity contribution in [1.29, 1.82) is 0 Å². The van der Waals surface area contributed by atoms with Crippen molar-refractivity contribution >= 4 is 15.4 Å². The van der Waals surface area contributed by atoms with E-state index in [1.165, 1.54) is 0 Å². The van der Waals surface area contributed by atoms with Crippen LogP contribution in [0.5, 0.6) is 0 Å². The lowest BCUT2D eigenvalue weighted by atomic mass is 10.4. The molecular formula is C3H10O9P2. The van der Waals surface area contributed by atoms with Gasteiger partial charge in [0.1, 0.15) is 6.10 Å². The van der Waals surface area contributed by atoms with Gasteiger partial charge in [0.15, 0.2) is 5.85 Å². The van der Waals surface area contributed by atoms with E-state index in [4.69, 9.17) is 29.8 Å². The first-order valence-electron chi connectivity index (χ1n) is 3.15. The Balaban J connectivity index is 4.17. The lowest BCUT2D eigenvalue weighted by Crippen LogP contribution is -2.30. The van der Waals surface area contributed by atoms with Crippen LogP contribution in [-0.4, -0.2) is 48.3 Å². The predicted molar refractivity (Wildman–Crippen MR) is 42.1 cm³/mol. The van der Waals surface area contributed by atoms with Crippen LogP contribution in [-0.2, 0) is 13.7 Å². The Bertz CT molecular complexity index is 263. The number of aliphatic hydroxyl groups is 2. The Hall–Kier alpha value is 0.180. The summed E-state index contributed by atoms with van der Waals surface area (Å²) in [5.41, 5.74) is 0. The van der Waals surface area contributed by atoms with Crippen LogP contribution in [0.25, 0.3) is 0 Å². The smallest absolute Gasteiger partial charge is 0.387 e. The van der Waals surface area contributed by atoms with Gasteiger partial charge in [-0.3, -0.25) is 9.09 Å². The fraction of sp³-hybridized carbons (Fsp3) is 1.00. The molecule has 14 heavy (non-hydrogen) atoms. The molecule has 86 valence electrons. The number of rotatable bonds is 5. The van der Waals surface area contributed by atoms with E-state index in [2.05, 4.69) is 4.52 Å². The average molecular weight is 252 g/mol. The zero-order chi connectivity index (χ0) is 11.6. The van der Waals surface area contributed by atoms with Gasteiger partial charge >= 0.3 is 15.4 Å². The third kappa shape index (κ3) is 5.82. The van der Waals surface area contributed by atoms with Crippen LogP contribution in [0.2, 0.25) is 0 Å². The van der Waals surface area contributed by atoms with Crippen molar-refractivity contribution in [3.63, 3.8) is 0 Å². The Morgan fingerprint density at radius 1 is 1.07 bits per heavy atom. The summed E-state index contributed by atoms with van der Waals surface area (Å²) in [6.07, 6.45) is -2.08. The minimum atomic E-state index is -4.92. The highest BCUT2D eigenvalue weighted by molar-refractivity contribution is 7.52. The molecular weight excluding hydrogens is 242 g/mol. The first kappa shape index (κ1) is 14.2. The summed E-state index contributed by atoms with van der Waals surface area (Å²) in [5, 5.41) is 17.5. The summed E-state index contributed by atoms with van der Waals surface area (Å²) >= 11 is 0. The minimum absolute atomic E-state index is 1.09. The number of aliphatic hydroxyl groups excluding tert-OH is 2. The normalized spacial score (nSPS) is 17.9. The zero-order valence-corrected chi connectivity index (χ0v) is 8.45. The molecule has 0 aliphatic rings. The zero-order valence-electron chi connectivity index (χ0n) is 6.66. The molecule has 0 aromatic carbocycles. The Morgan fingerprint density at radius 2 is 1.50 bits per heavy atom. The molecule has 0 fully saturated rings. The molecule has 9 nitrogen and oxygen atoms in total. The molecule has 0 spiro atoms. The van der Waals surface area contributed by atoms with E-state index in [0.29, 0.717) is 0 Å². The lowest BCUT2D eigenvalue weighted by Gasteiger charge is -2.18. The highest BCUT2D eigenvalue weighted by Gasteiger charge is 2.34. The van der Waals surface area contributed by atoms with Crippen molar-refractivity contribution in [3.05, 3.63) is 0 Å². The van der Waals surface area contributed by atoms with Gasteiger partial charge in [-0.2, -0.15) is 0 Å². The van der Waals surface area contributed by atoms with Crippen LogP contribution in [0.1, 0.15) is 0 Å². The number of hydrogen-bond acceptors (Lipinski definition) is 5. The van der Waals surface area contributed by atoms with Crippen LogP contribution in [0.3, 0.4) is 0 Å². The molecule has 0 rings (SSSR count). The first-order chi connectivity index (χ1) is 6.04. The molecule has 0 saturated carbocycles. The molecule has 0 bridgehead atoms. The van der Waals surface area contributed by atoms with E-state index in [1.807, 2.05) is 0 Å². The van der Waals surface area contributed by atoms with Gasteiger partial charge in [0.05, 0.1) is 6.61 Å². The van der Waals surface area contributed by atoms with E-state index >= 15 is 0 Å². The molecule has 0 radical (unpaired) electrons. The second-order valence-corrected chi connectivity index (χ2v) is 5.30. The molecule has 0 saturated heterocycles. The highest BCUT2D eigenvalue weighted by Crippen LogP contribution is 2.42. The van der Waals surface area contributed by atoms with Crippen molar-refractivity contribution in [2.75, 3.05) is 6.61 Å². The van der Waals surface area contributed by atoms with Crippen molar-refractivity contribution in [2.24, 2.45) is 0 Å². The van der Waals surface area contributed by atoms with Crippen molar-refractivity contribution in [2.45, 2.75) is 11.9 Å². The Morgan fingerprint density at radius 3 is 1.79 bits per heavy atom. The lowest BCUT2D eigenvalue weighted by molar-refractivity contribution is 0.0121. The maximum Gasteiger partial charge on any atom is 0.469 e. The Labute approximate surface area is 78.4 Å². The van der Waals surface area contributed by atoms with E-state index < -0.39 is 34.0 Å². The van der Waals surface area contributed by atoms with Gasteiger partial charge in [-0.25, -0.2) is 4.57 Å². The van der Waals surface area contributed by atoms with Crippen molar-refractivity contribution in [1.82, 2.24) is 0 Å². The van der Waals surface area contributed by atoms with Crippen molar-refractivity contribution in [3.8, 4) is 0 Å². The fourth-order valence-electron chi connectivity index (χ4n) is 0.484. The summed E-state index contributed by atoms with van der Waals surface area (Å²) in [6, 6.07) is 0. The average Bonchev–Trinajstić information content (AvgIpc) is 1.95. The first-order valence-corrected chi connectivity index (χ1v) is 6.36. The molecule has 0 aliphatic carbocycles. The molecule has 2 atom stereocenters. The highest BCUT2D eigenvalue weighted by atomic mass is 31.2.